The average Bonchev–Trinajstić information content (AvgIpc) is 2.83. The molecule has 0 radical (unpaired) electrons. The lowest BCUT2D eigenvalue weighted by Crippen LogP contribution is -2.53. The number of carboxylic acid groups (broad SMARTS) is 1. The zero-order chi connectivity index (χ0) is 13.7. The fraction of sp³-hybridized carbons (Fsp3) is 0.700. The highest BCUT2D eigenvalue weighted by Gasteiger charge is 2.36. The SMILES string of the molecule is NCC(=O)NC(CS)C(=O)N1CCCC1C(=O)O. The lowest BCUT2D eigenvalue weighted by molar-refractivity contribution is -0.149. The molecule has 1 fully saturated rings. The predicted octanol–water partition coefficient (Wildman–Crippen LogP) is -1.56. The third kappa shape index (κ3) is 3.36. The zero-order valence-corrected chi connectivity index (χ0v) is 10.7. The Labute approximate surface area is 110 Å². The van der Waals surface area contributed by atoms with Gasteiger partial charge >= 0.3 is 5.97 Å². The molecule has 0 aromatic carbocycles. The minimum atomic E-state index is -1.02. The van der Waals surface area contributed by atoms with Gasteiger partial charge in [-0.15, -0.1) is 0 Å². The normalized spacial score (nSPS) is 20.6. The number of thiol groups is 1. The standard InChI is InChI=1S/C10H17N3O4S/c11-4-8(14)12-6(5-18)9(15)13-3-1-2-7(13)10(16)17/h6-7,18H,1-5,11H2,(H,12,14)(H,16,17). The van der Waals surface area contributed by atoms with Crippen LogP contribution in [0.3, 0.4) is 0 Å². The molecule has 0 aliphatic carbocycles. The second-order valence-corrected chi connectivity index (χ2v) is 4.40. The third-order valence-electron chi connectivity index (χ3n) is 2.82. The summed E-state index contributed by atoms with van der Waals surface area (Å²) in [6.45, 7) is 0.165. The Balaban J connectivity index is 2.71. The number of likely N-dealkylation sites (tertiary alicyclic amines) is 1. The van der Waals surface area contributed by atoms with E-state index in [0.717, 1.165) is 0 Å². The highest BCUT2D eigenvalue weighted by atomic mass is 32.1. The first kappa shape index (κ1) is 14.8. The average molecular weight is 275 g/mol. The van der Waals surface area contributed by atoms with Crippen molar-refractivity contribution in [2.45, 2.75) is 24.9 Å². The van der Waals surface area contributed by atoms with Crippen molar-refractivity contribution in [2.75, 3.05) is 18.8 Å². The van der Waals surface area contributed by atoms with Gasteiger partial charge in [-0.05, 0) is 12.8 Å². The van der Waals surface area contributed by atoms with E-state index in [0.29, 0.717) is 19.4 Å². The van der Waals surface area contributed by atoms with Crippen LogP contribution < -0.4 is 11.1 Å². The van der Waals surface area contributed by atoms with Gasteiger partial charge < -0.3 is 21.1 Å². The maximum Gasteiger partial charge on any atom is 0.326 e. The number of carbonyl (C=O) groups excluding carboxylic acids is 2. The number of aliphatic carboxylic acids is 1. The Kier molecular flexibility index (Phi) is 5.42. The van der Waals surface area contributed by atoms with Gasteiger partial charge in [-0.1, -0.05) is 0 Å². The summed E-state index contributed by atoms with van der Waals surface area (Å²) in [5.41, 5.74) is 5.15. The molecule has 2 amide bonds. The second-order valence-electron chi connectivity index (χ2n) is 4.03. The molecule has 0 spiro atoms. The lowest BCUT2D eigenvalue weighted by atomic mass is 10.2. The summed E-state index contributed by atoms with van der Waals surface area (Å²) in [7, 11) is 0. The van der Waals surface area contributed by atoms with Crippen LogP contribution in [0.2, 0.25) is 0 Å². The van der Waals surface area contributed by atoms with Gasteiger partial charge in [0.15, 0.2) is 0 Å². The van der Waals surface area contributed by atoms with E-state index in [1.54, 1.807) is 0 Å². The molecule has 8 heteroatoms. The number of carbonyl (C=O) groups is 3. The molecule has 1 rings (SSSR count). The molecule has 1 aliphatic rings. The molecule has 2 unspecified atom stereocenters. The summed E-state index contributed by atoms with van der Waals surface area (Å²) in [6, 6.07) is -1.64. The van der Waals surface area contributed by atoms with Crippen molar-refractivity contribution in [3.8, 4) is 0 Å². The number of amides is 2. The van der Waals surface area contributed by atoms with Crippen molar-refractivity contribution in [1.29, 1.82) is 0 Å². The van der Waals surface area contributed by atoms with Gasteiger partial charge in [0.1, 0.15) is 12.1 Å². The molecule has 18 heavy (non-hydrogen) atoms. The van der Waals surface area contributed by atoms with Crippen molar-refractivity contribution in [3.05, 3.63) is 0 Å². The van der Waals surface area contributed by atoms with Crippen LogP contribution in [-0.4, -0.2) is 58.7 Å². The van der Waals surface area contributed by atoms with Crippen LogP contribution in [0.5, 0.6) is 0 Å². The number of hydrogen-bond acceptors (Lipinski definition) is 5. The van der Waals surface area contributed by atoms with Crippen molar-refractivity contribution < 1.29 is 19.5 Å². The molecule has 7 nitrogen and oxygen atoms in total. The maximum absolute atomic E-state index is 12.1. The summed E-state index contributed by atoms with van der Waals surface area (Å²) in [6.07, 6.45) is 1.08. The first-order valence-electron chi connectivity index (χ1n) is 5.64. The molecule has 0 aromatic heterocycles. The molecular formula is C10H17N3O4S. The third-order valence-corrected chi connectivity index (χ3v) is 3.19. The molecule has 1 heterocycles. The fourth-order valence-corrected chi connectivity index (χ4v) is 2.17. The lowest BCUT2D eigenvalue weighted by Gasteiger charge is -2.26. The molecule has 1 aliphatic heterocycles. The van der Waals surface area contributed by atoms with Gasteiger partial charge in [0.2, 0.25) is 11.8 Å². The van der Waals surface area contributed by atoms with E-state index in [-0.39, 0.29) is 12.3 Å². The summed E-state index contributed by atoms with van der Waals surface area (Å²) in [4.78, 5) is 35.5. The molecule has 2 atom stereocenters. The van der Waals surface area contributed by atoms with Gasteiger partial charge in [-0.3, -0.25) is 9.59 Å². The molecule has 0 aromatic rings. The van der Waals surface area contributed by atoms with Gasteiger partial charge in [-0.25, -0.2) is 4.79 Å². The van der Waals surface area contributed by atoms with Crippen molar-refractivity contribution in [1.82, 2.24) is 10.2 Å². The topological polar surface area (TPSA) is 113 Å². The minimum Gasteiger partial charge on any atom is -0.480 e. The number of rotatable bonds is 5. The van der Waals surface area contributed by atoms with Gasteiger partial charge in [0.05, 0.1) is 6.54 Å². The van der Waals surface area contributed by atoms with E-state index in [2.05, 4.69) is 17.9 Å². The van der Waals surface area contributed by atoms with Crippen LogP contribution in [0.4, 0.5) is 0 Å². The monoisotopic (exact) mass is 275 g/mol. The number of nitrogens with two attached hydrogens (primary N) is 1. The predicted molar refractivity (Wildman–Crippen MR) is 67.2 cm³/mol. The van der Waals surface area contributed by atoms with Crippen molar-refractivity contribution >= 4 is 30.4 Å². The summed E-state index contributed by atoms with van der Waals surface area (Å²) >= 11 is 3.99. The van der Waals surface area contributed by atoms with Crippen molar-refractivity contribution in [2.24, 2.45) is 5.73 Å². The van der Waals surface area contributed by atoms with Crippen LogP contribution >= 0.6 is 12.6 Å². The summed E-state index contributed by atoms with van der Waals surface area (Å²) in [5.74, 6) is -1.80. The Hall–Kier alpha value is -1.28. The highest BCUT2D eigenvalue weighted by Crippen LogP contribution is 2.18. The number of carboxylic acids is 1. The van der Waals surface area contributed by atoms with Gasteiger partial charge in [0, 0.05) is 12.3 Å². The fourth-order valence-electron chi connectivity index (χ4n) is 1.93. The Bertz CT molecular complexity index is 350. The number of nitrogens with one attached hydrogen (secondary N) is 1. The van der Waals surface area contributed by atoms with Crippen LogP contribution in [0, 0.1) is 0 Å². The molecule has 0 bridgehead atoms. The Morgan fingerprint density at radius 1 is 1.50 bits per heavy atom. The summed E-state index contributed by atoms with van der Waals surface area (Å²) < 4.78 is 0. The van der Waals surface area contributed by atoms with E-state index < -0.39 is 29.9 Å². The van der Waals surface area contributed by atoms with Crippen LogP contribution in [0.1, 0.15) is 12.8 Å². The van der Waals surface area contributed by atoms with Crippen molar-refractivity contribution in [3.63, 3.8) is 0 Å². The first-order valence-corrected chi connectivity index (χ1v) is 6.28. The second kappa shape index (κ2) is 6.60. The quantitative estimate of drug-likeness (QED) is 0.453. The molecular weight excluding hydrogens is 258 g/mol. The maximum atomic E-state index is 12.1. The summed E-state index contributed by atoms with van der Waals surface area (Å²) in [5, 5.41) is 11.4. The smallest absolute Gasteiger partial charge is 0.326 e. The van der Waals surface area contributed by atoms with E-state index in [9.17, 15) is 14.4 Å². The molecule has 102 valence electrons. The molecule has 0 saturated carbocycles. The van der Waals surface area contributed by atoms with Gasteiger partial charge in [0.25, 0.3) is 0 Å². The highest BCUT2D eigenvalue weighted by molar-refractivity contribution is 7.80. The Morgan fingerprint density at radius 2 is 2.17 bits per heavy atom. The van der Waals surface area contributed by atoms with Crippen LogP contribution in [0.15, 0.2) is 0 Å². The number of hydrogen-bond donors (Lipinski definition) is 4. The minimum absolute atomic E-state index is 0.105. The van der Waals surface area contributed by atoms with E-state index in [4.69, 9.17) is 10.8 Å². The van der Waals surface area contributed by atoms with Gasteiger partial charge in [-0.2, -0.15) is 12.6 Å². The number of nitrogens with zero attached hydrogens (tertiary/aromatic N) is 1. The van der Waals surface area contributed by atoms with E-state index in [1.165, 1.54) is 4.90 Å². The van der Waals surface area contributed by atoms with E-state index >= 15 is 0 Å². The molecule has 4 N–H and O–H groups in total. The molecule has 1 saturated heterocycles. The Morgan fingerprint density at radius 3 is 2.67 bits per heavy atom. The zero-order valence-electron chi connectivity index (χ0n) is 9.83. The van der Waals surface area contributed by atoms with Crippen LogP contribution in [0.25, 0.3) is 0 Å². The first-order chi connectivity index (χ1) is 8.51. The largest absolute Gasteiger partial charge is 0.480 e. The van der Waals surface area contributed by atoms with E-state index in [1.807, 2.05) is 0 Å². The van der Waals surface area contributed by atoms with Crippen LogP contribution in [-0.2, 0) is 14.4 Å².